The number of rotatable bonds is 14. The van der Waals surface area contributed by atoms with Crippen LogP contribution in [0.2, 0.25) is 0 Å². The van der Waals surface area contributed by atoms with Crippen LogP contribution in [0.4, 0.5) is 0 Å². The molecule has 0 aliphatic rings. The first-order valence-electron chi connectivity index (χ1n) is 9.28. The third-order valence-corrected chi connectivity index (χ3v) is 4.48. The lowest BCUT2D eigenvalue weighted by molar-refractivity contribution is -0.142. The number of thioether (sulfide) groups is 1. The van der Waals surface area contributed by atoms with Gasteiger partial charge in [0, 0.05) is 18.7 Å². The van der Waals surface area contributed by atoms with Crippen LogP contribution in [0, 0.1) is 0 Å². The van der Waals surface area contributed by atoms with Crippen LogP contribution in [0.3, 0.4) is 0 Å². The molecular weight excluding hydrogens is 416 g/mol. The first kappa shape index (κ1) is 27.4. The third-order valence-electron chi connectivity index (χ3n) is 3.84. The summed E-state index contributed by atoms with van der Waals surface area (Å²) in [7, 11) is 1.16. The predicted octanol–water partition coefficient (Wildman–Crippen LogP) is -1.23. The number of carboxylic acid groups (broad SMARTS) is 1. The molecule has 0 aromatic carbocycles. The zero-order valence-electron chi connectivity index (χ0n) is 17.3. The van der Waals surface area contributed by atoms with Crippen molar-refractivity contribution in [1.29, 1.82) is 0 Å². The average Bonchev–Trinajstić information content (AvgIpc) is 2.72. The SMILES string of the molecule is CCCC(NC(=O)C(N)CNC(=O)/C=C/C(=O)OC)C(=O)NC(CCSC)C(=O)O. The van der Waals surface area contributed by atoms with Crippen LogP contribution in [0.25, 0.3) is 0 Å². The molecule has 3 amide bonds. The monoisotopic (exact) mass is 446 g/mol. The van der Waals surface area contributed by atoms with Gasteiger partial charge in [0.25, 0.3) is 0 Å². The van der Waals surface area contributed by atoms with Crippen molar-refractivity contribution in [3.63, 3.8) is 0 Å². The highest BCUT2D eigenvalue weighted by atomic mass is 32.2. The Bertz CT molecular complexity index is 642. The van der Waals surface area contributed by atoms with Crippen LogP contribution in [0.15, 0.2) is 12.2 Å². The quantitative estimate of drug-likeness (QED) is 0.161. The maximum Gasteiger partial charge on any atom is 0.330 e. The Balaban J connectivity index is 4.79. The van der Waals surface area contributed by atoms with Gasteiger partial charge in [0.2, 0.25) is 17.7 Å². The van der Waals surface area contributed by atoms with Gasteiger partial charge in [-0.05, 0) is 24.9 Å². The maximum absolute atomic E-state index is 12.5. The number of amides is 3. The van der Waals surface area contributed by atoms with Crippen molar-refractivity contribution in [3.05, 3.63) is 12.2 Å². The number of nitrogens with two attached hydrogens (primary N) is 1. The average molecular weight is 447 g/mol. The second-order valence-electron chi connectivity index (χ2n) is 6.24. The summed E-state index contributed by atoms with van der Waals surface area (Å²) in [6.07, 6.45) is 4.77. The number of carbonyl (C=O) groups is 5. The van der Waals surface area contributed by atoms with Crippen molar-refractivity contribution in [2.75, 3.05) is 25.7 Å². The molecule has 0 saturated carbocycles. The number of aliphatic carboxylic acids is 1. The summed E-state index contributed by atoms with van der Waals surface area (Å²) < 4.78 is 4.35. The normalized spacial score (nSPS) is 13.7. The fraction of sp³-hybridized carbons (Fsp3) is 0.611. The first-order chi connectivity index (χ1) is 14.2. The first-order valence-corrected chi connectivity index (χ1v) is 10.7. The van der Waals surface area contributed by atoms with E-state index >= 15 is 0 Å². The lowest BCUT2D eigenvalue weighted by atomic mass is 10.1. The summed E-state index contributed by atoms with van der Waals surface area (Å²) in [5, 5.41) is 16.5. The van der Waals surface area contributed by atoms with Gasteiger partial charge in [-0.25, -0.2) is 9.59 Å². The molecule has 0 bridgehead atoms. The Morgan fingerprint density at radius 3 is 2.23 bits per heavy atom. The molecule has 0 heterocycles. The topological polar surface area (TPSA) is 177 Å². The zero-order chi connectivity index (χ0) is 23.1. The molecule has 0 aliphatic carbocycles. The van der Waals surface area contributed by atoms with E-state index in [0.29, 0.717) is 12.2 Å². The number of hydrogen-bond acceptors (Lipinski definition) is 8. The minimum atomic E-state index is -1.15. The van der Waals surface area contributed by atoms with Crippen LogP contribution in [0.5, 0.6) is 0 Å². The fourth-order valence-corrected chi connectivity index (χ4v) is 2.65. The predicted molar refractivity (Wildman–Crippen MR) is 112 cm³/mol. The standard InChI is InChI=1S/C18H30N4O7S/c1-4-5-12(17(26)22-13(18(27)28)8-9-30-3)21-16(25)11(19)10-20-14(23)6-7-15(24)29-2/h6-7,11-13H,4-5,8-10,19H2,1-3H3,(H,20,23)(H,21,25)(H,22,26)(H,27,28)/b7-6+. The summed E-state index contributed by atoms with van der Waals surface area (Å²) in [5.41, 5.74) is 5.74. The molecular formula is C18H30N4O7S. The smallest absolute Gasteiger partial charge is 0.330 e. The molecule has 3 atom stereocenters. The molecule has 0 radical (unpaired) electrons. The van der Waals surface area contributed by atoms with Crippen molar-refractivity contribution in [2.45, 2.75) is 44.3 Å². The molecule has 12 heteroatoms. The second-order valence-corrected chi connectivity index (χ2v) is 7.22. The minimum absolute atomic E-state index is 0.234. The molecule has 0 spiro atoms. The van der Waals surface area contributed by atoms with Gasteiger partial charge in [-0.2, -0.15) is 11.8 Å². The number of methoxy groups -OCH3 is 1. The van der Waals surface area contributed by atoms with Gasteiger partial charge in [-0.15, -0.1) is 0 Å². The summed E-state index contributed by atoms with van der Waals surface area (Å²) in [4.78, 5) is 58.5. The van der Waals surface area contributed by atoms with Gasteiger partial charge >= 0.3 is 11.9 Å². The summed E-state index contributed by atoms with van der Waals surface area (Å²) in [6, 6.07) is -3.17. The lowest BCUT2D eigenvalue weighted by Gasteiger charge is -2.22. The molecule has 0 fully saturated rings. The van der Waals surface area contributed by atoms with Crippen molar-refractivity contribution < 1.29 is 33.8 Å². The Morgan fingerprint density at radius 1 is 1.07 bits per heavy atom. The highest BCUT2D eigenvalue weighted by molar-refractivity contribution is 7.98. The number of ether oxygens (including phenoxy) is 1. The number of esters is 1. The van der Waals surface area contributed by atoms with E-state index in [1.807, 2.05) is 13.2 Å². The Labute approximate surface area is 179 Å². The summed E-state index contributed by atoms with van der Waals surface area (Å²) in [6.45, 7) is 1.57. The van der Waals surface area contributed by atoms with Crippen LogP contribution < -0.4 is 21.7 Å². The van der Waals surface area contributed by atoms with Crippen molar-refractivity contribution in [3.8, 4) is 0 Å². The molecule has 3 unspecified atom stereocenters. The minimum Gasteiger partial charge on any atom is -0.480 e. The van der Waals surface area contributed by atoms with E-state index in [0.717, 1.165) is 19.3 Å². The third kappa shape index (κ3) is 11.4. The molecule has 30 heavy (non-hydrogen) atoms. The number of nitrogens with one attached hydrogen (secondary N) is 3. The Hall–Kier alpha value is -2.60. The van der Waals surface area contributed by atoms with Crippen LogP contribution in [-0.2, 0) is 28.7 Å². The van der Waals surface area contributed by atoms with Crippen molar-refractivity contribution in [1.82, 2.24) is 16.0 Å². The van der Waals surface area contributed by atoms with E-state index in [4.69, 9.17) is 5.73 Å². The zero-order valence-corrected chi connectivity index (χ0v) is 18.1. The Morgan fingerprint density at radius 2 is 1.70 bits per heavy atom. The van der Waals surface area contributed by atoms with E-state index in [9.17, 15) is 29.1 Å². The van der Waals surface area contributed by atoms with E-state index < -0.39 is 47.8 Å². The summed E-state index contributed by atoms with van der Waals surface area (Å²) >= 11 is 1.46. The highest BCUT2D eigenvalue weighted by Crippen LogP contribution is 2.04. The molecule has 6 N–H and O–H groups in total. The Kier molecular flexibility index (Phi) is 13.9. The molecule has 11 nitrogen and oxygen atoms in total. The molecule has 0 aromatic rings. The van der Waals surface area contributed by atoms with Gasteiger partial charge < -0.3 is 31.5 Å². The number of hydrogen-bond donors (Lipinski definition) is 5. The molecule has 0 saturated heterocycles. The van der Waals surface area contributed by atoms with Gasteiger partial charge in [0.1, 0.15) is 18.1 Å². The van der Waals surface area contributed by atoms with E-state index in [1.54, 1.807) is 0 Å². The molecule has 0 rings (SSSR count). The highest BCUT2D eigenvalue weighted by Gasteiger charge is 2.27. The van der Waals surface area contributed by atoms with Crippen LogP contribution >= 0.6 is 11.8 Å². The van der Waals surface area contributed by atoms with E-state index in [-0.39, 0.29) is 19.4 Å². The molecule has 0 aromatic heterocycles. The van der Waals surface area contributed by atoms with Crippen LogP contribution in [-0.4, -0.2) is 78.6 Å². The van der Waals surface area contributed by atoms with Gasteiger partial charge in [0.15, 0.2) is 0 Å². The number of carboxylic acids is 1. The number of carbonyl (C=O) groups excluding carboxylic acids is 4. The molecule has 0 aliphatic heterocycles. The van der Waals surface area contributed by atoms with Crippen molar-refractivity contribution >= 4 is 41.4 Å². The van der Waals surface area contributed by atoms with E-state index in [1.165, 1.54) is 11.8 Å². The van der Waals surface area contributed by atoms with Gasteiger partial charge in [-0.1, -0.05) is 13.3 Å². The summed E-state index contributed by atoms with van der Waals surface area (Å²) in [5.74, 6) is -3.26. The van der Waals surface area contributed by atoms with Crippen LogP contribution in [0.1, 0.15) is 26.2 Å². The van der Waals surface area contributed by atoms with Crippen molar-refractivity contribution in [2.24, 2.45) is 5.73 Å². The molecule has 170 valence electrons. The fourth-order valence-electron chi connectivity index (χ4n) is 2.18. The lowest BCUT2D eigenvalue weighted by Crippen LogP contribution is -2.56. The maximum atomic E-state index is 12.5. The van der Waals surface area contributed by atoms with Gasteiger partial charge in [-0.3, -0.25) is 14.4 Å². The second kappa shape index (κ2) is 15.3. The largest absolute Gasteiger partial charge is 0.480 e. The van der Waals surface area contributed by atoms with Gasteiger partial charge in [0.05, 0.1) is 7.11 Å². The van der Waals surface area contributed by atoms with E-state index in [2.05, 4.69) is 20.7 Å².